The van der Waals surface area contributed by atoms with Crippen molar-refractivity contribution in [1.82, 2.24) is 30.7 Å². The minimum Gasteiger partial charge on any atom is -0.461 e. The Kier molecular flexibility index (Phi) is 3.58. The highest BCUT2D eigenvalue weighted by atomic mass is 16.3. The van der Waals surface area contributed by atoms with Gasteiger partial charge in [0, 0.05) is 5.39 Å². The van der Waals surface area contributed by atoms with Crippen molar-refractivity contribution in [2.24, 2.45) is 0 Å². The van der Waals surface area contributed by atoms with E-state index in [2.05, 4.69) is 30.7 Å². The molecule has 0 fully saturated rings. The molecule has 9 nitrogen and oxygen atoms in total. The number of aromatic amines is 2. The second-order valence-corrected chi connectivity index (χ2v) is 5.21. The number of nitrogens with zero attached hydrogens (tertiary/aromatic N) is 3. The fourth-order valence-electron chi connectivity index (χ4n) is 2.37. The molecule has 3 N–H and O–H groups in total. The van der Waals surface area contributed by atoms with Crippen molar-refractivity contribution in [2.45, 2.75) is 6.54 Å². The Bertz CT molecular complexity index is 1100. The minimum absolute atomic E-state index is 0.0699. The number of H-pyrrole nitrogens is 2. The standard InChI is InChI=1S/C16H12N6O3/c23-14-9-4-1-2-5-10(9)19-21-13(14)16(24)17-8-12-18-15(22-20-12)11-6-3-7-25-11/h1-7H,8H2,(H,17,24)(H,19,23)(H,18,20,22). The van der Waals surface area contributed by atoms with Crippen LogP contribution in [0, 0.1) is 0 Å². The first-order valence-corrected chi connectivity index (χ1v) is 7.43. The molecule has 3 aromatic heterocycles. The van der Waals surface area contributed by atoms with Crippen LogP contribution in [0.3, 0.4) is 0 Å². The number of hydrogen-bond donors (Lipinski definition) is 3. The first-order chi connectivity index (χ1) is 12.2. The summed E-state index contributed by atoms with van der Waals surface area (Å²) in [5, 5.41) is 16.3. The van der Waals surface area contributed by atoms with Gasteiger partial charge in [0.2, 0.25) is 11.3 Å². The van der Waals surface area contributed by atoms with Crippen molar-refractivity contribution >= 4 is 16.8 Å². The molecule has 0 atom stereocenters. The molecule has 4 aromatic rings. The van der Waals surface area contributed by atoms with E-state index in [0.29, 0.717) is 28.3 Å². The molecule has 0 aliphatic carbocycles. The first kappa shape index (κ1) is 14.8. The van der Waals surface area contributed by atoms with E-state index in [0.717, 1.165) is 0 Å². The van der Waals surface area contributed by atoms with Crippen LogP contribution in [-0.2, 0) is 6.54 Å². The van der Waals surface area contributed by atoms with Crippen molar-refractivity contribution in [3.8, 4) is 11.6 Å². The molecular weight excluding hydrogens is 324 g/mol. The van der Waals surface area contributed by atoms with Crippen molar-refractivity contribution in [3.05, 3.63) is 64.4 Å². The Balaban J connectivity index is 1.51. The molecule has 9 heteroatoms. The lowest BCUT2D eigenvalue weighted by molar-refractivity contribution is 0.0943. The zero-order valence-corrected chi connectivity index (χ0v) is 12.8. The van der Waals surface area contributed by atoms with Gasteiger partial charge in [-0.25, -0.2) is 4.98 Å². The molecule has 1 amide bonds. The first-order valence-electron chi connectivity index (χ1n) is 7.43. The normalized spacial score (nSPS) is 10.9. The third-order valence-electron chi connectivity index (χ3n) is 3.58. The molecular formula is C16H12N6O3. The van der Waals surface area contributed by atoms with Gasteiger partial charge in [-0.2, -0.15) is 5.10 Å². The maximum Gasteiger partial charge on any atom is 0.276 e. The maximum atomic E-state index is 12.3. The fourth-order valence-corrected chi connectivity index (χ4v) is 2.37. The molecule has 124 valence electrons. The SMILES string of the molecule is O=C(NCc1nc(-c2ccco2)n[nH]1)c1n[nH]c2ccccc2c1=O. The summed E-state index contributed by atoms with van der Waals surface area (Å²) in [7, 11) is 0. The fraction of sp³-hybridized carbons (Fsp3) is 0.0625. The summed E-state index contributed by atoms with van der Waals surface area (Å²) < 4.78 is 5.20. The molecule has 25 heavy (non-hydrogen) atoms. The van der Waals surface area contributed by atoms with Crippen LogP contribution in [0.25, 0.3) is 22.5 Å². The molecule has 0 aliphatic heterocycles. The average Bonchev–Trinajstić information content (AvgIpc) is 3.31. The Morgan fingerprint density at radius 1 is 1.12 bits per heavy atom. The van der Waals surface area contributed by atoms with Crippen LogP contribution in [-0.4, -0.2) is 31.3 Å². The smallest absolute Gasteiger partial charge is 0.276 e. The Morgan fingerprint density at radius 3 is 2.84 bits per heavy atom. The van der Waals surface area contributed by atoms with Gasteiger partial charge in [0.1, 0.15) is 5.82 Å². The van der Waals surface area contributed by atoms with E-state index in [-0.39, 0.29) is 12.2 Å². The molecule has 0 aliphatic rings. The highest BCUT2D eigenvalue weighted by Crippen LogP contribution is 2.14. The highest BCUT2D eigenvalue weighted by Gasteiger charge is 2.15. The molecule has 0 unspecified atom stereocenters. The van der Waals surface area contributed by atoms with Gasteiger partial charge in [0.15, 0.2) is 11.5 Å². The molecule has 0 saturated heterocycles. The largest absolute Gasteiger partial charge is 0.461 e. The van der Waals surface area contributed by atoms with Crippen LogP contribution < -0.4 is 10.7 Å². The number of hydrogen-bond acceptors (Lipinski definition) is 6. The summed E-state index contributed by atoms with van der Waals surface area (Å²) in [6.07, 6.45) is 1.52. The number of benzene rings is 1. The van der Waals surface area contributed by atoms with E-state index in [1.165, 1.54) is 6.26 Å². The van der Waals surface area contributed by atoms with Gasteiger partial charge in [0.05, 0.1) is 18.3 Å². The second-order valence-electron chi connectivity index (χ2n) is 5.21. The van der Waals surface area contributed by atoms with E-state index in [1.54, 1.807) is 36.4 Å². The van der Waals surface area contributed by atoms with E-state index < -0.39 is 11.3 Å². The van der Waals surface area contributed by atoms with Crippen molar-refractivity contribution in [3.63, 3.8) is 0 Å². The number of carbonyl (C=O) groups is 1. The van der Waals surface area contributed by atoms with Crippen molar-refractivity contribution < 1.29 is 9.21 Å². The molecule has 3 heterocycles. The zero-order valence-electron chi connectivity index (χ0n) is 12.8. The summed E-state index contributed by atoms with van der Waals surface area (Å²) in [6, 6.07) is 10.3. The van der Waals surface area contributed by atoms with Gasteiger partial charge >= 0.3 is 0 Å². The van der Waals surface area contributed by atoms with Gasteiger partial charge in [-0.15, -0.1) is 5.10 Å². The Morgan fingerprint density at radius 2 is 2.00 bits per heavy atom. The lowest BCUT2D eigenvalue weighted by Gasteiger charge is -2.03. The topological polar surface area (TPSA) is 130 Å². The number of nitrogens with one attached hydrogen (secondary N) is 3. The maximum absolute atomic E-state index is 12.3. The summed E-state index contributed by atoms with van der Waals surface area (Å²) >= 11 is 0. The van der Waals surface area contributed by atoms with E-state index >= 15 is 0 Å². The molecule has 0 spiro atoms. The molecule has 0 saturated carbocycles. The van der Waals surface area contributed by atoms with Gasteiger partial charge in [-0.3, -0.25) is 19.8 Å². The Hall–Kier alpha value is -3.75. The molecule has 0 bridgehead atoms. The van der Waals surface area contributed by atoms with Gasteiger partial charge in [-0.05, 0) is 24.3 Å². The second kappa shape index (κ2) is 6.04. The van der Waals surface area contributed by atoms with E-state index in [1.807, 2.05) is 0 Å². The molecule has 1 aromatic carbocycles. The number of aromatic nitrogens is 5. The molecule has 4 rings (SSSR count). The average molecular weight is 336 g/mol. The van der Waals surface area contributed by atoms with Crippen LogP contribution in [0.2, 0.25) is 0 Å². The number of para-hydroxylation sites is 1. The van der Waals surface area contributed by atoms with Gasteiger partial charge in [0.25, 0.3) is 5.91 Å². The summed E-state index contributed by atoms with van der Waals surface area (Å²) in [5.74, 6) is 0.734. The number of furan rings is 1. The third kappa shape index (κ3) is 2.78. The number of fused-ring (bicyclic) bond motifs is 1. The van der Waals surface area contributed by atoms with Crippen LogP contribution >= 0.6 is 0 Å². The van der Waals surface area contributed by atoms with Crippen LogP contribution in [0.15, 0.2) is 51.9 Å². The molecule has 0 radical (unpaired) electrons. The number of rotatable bonds is 4. The number of carbonyl (C=O) groups excluding carboxylic acids is 1. The van der Waals surface area contributed by atoms with Crippen molar-refractivity contribution in [1.29, 1.82) is 0 Å². The Labute approximate surface area is 140 Å². The highest BCUT2D eigenvalue weighted by molar-refractivity contribution is 5.95. The van der Waals surface area contributed by atoms with Crippen LogP contribution in [0.1, 0.15) is 16.3 Å². The predicted molar refractivity (Wildman–Crippen MR) is 87.6 cm³/mol. The minimum atomic E-state index is -0.594. The quantitative estimate of drug-likeness (QED) is 0.514. The predicted octanol–water partition coefficient (Wildman–Crippen LogP) is 1.23. The summed E-state index contributed by atoms with van der Waals surface area (Å²) in [6.45, 7) is 0.0699. The van der Waals surface area contributed by atoms with Crippen molar-refractivity contribution in [2.75, 3.05) is 0 Å². The van der Waals surface area contributed by atoms with Crippen LogP contribution in [0.4, 0.5) is 0 Å². The lowest BCUT2D eigenvalue weighted by atomic mass is 10.2. The van der Waals surface area contributed by atoms with E-state index in [4.69, 9.17) is 4.42 Å². The van der Waals surface area contributed by atoms with Gasteiger partial charge < -0.3 is 9.73 Å². The monoisotopic (exact) mass is 336 g/mol. The summed E-state index contributed by atoms with van der Waals surface area (Å²) in [4.78, 5) is 28.8. The zero-order chi connectivity index (χ0) is 17.2. The number of amides is 1. The van der Waals surface area contributed by atoms with Gasteiger partial charge in [-0.1, -0.05) is 12.1 Å². The summed E-state index contributed by atoms with van der Waals surface area (Å²) in [5.41, 5.74) is -0.0625. The lowest BCUT2D eigenvalue weighted by Crippen LogP contribution is -2.30. The van der Waals surface area contributed by atoms with Crippen LogP contribution in [0.5, 0.6) is 0 Å². The van der Waals surface area contributed by atoms with E-state index in [9.17, 15) is 9.59 Å². The third-order valence-corrected chi connectivity index (χ3v) is 3.58.